The minimum atomic E-state index is -0.318. The number of aliphatic hydroxyl groups is 1. The molecule has 0 radical (unpaired) electrons. The second-order valence-electron chi connectivity index (χ2n) is 7.82. The molecule has 6 nitrogen and oxygen atoms in total. The molecule has 0 unspecified atom stereocenters. The third-order valence-electron chi connectivity index (χ3n) is 5.59. The number of hydrogen-bond acceptors (Lipinski definition) is 6. The van der Waals surface area contributed by atoms with Gasteiger partial charge >= 0.3 is 0 Å². The summed E-state index contributed by atoms with van der Waals surface area (Å²) in [5, 5.41) is 13.9. The molecule has 1 aliphatic carbocycles. The Kier molecular flexibility index (Phi) is 6.38. The Hall–Kier alpha value is -2.80. The third-order valence-corrected chi connectivity index (χ3v) is 5.59. The Morgan fingerprint density at radius 2 is 1.87 bits per heavy atom. The standard InChI is InChI=1S/C23H27FN4O2/c1-2-3-12-25-23-27-14-20-21(28-23)19(15-4-8-17(29)9-5-15)13-26-22(20)30-18-10-6-16(24)7-11-18/h6-7,10-11,13-15,17,29H,2-5,8-9,12H2,1H3,(H,25,27,28)/t15-,17-. The van der Waals surface area contributed by atoms with Gasteiger partial charge in [-0.2, -0.15) is 0 Å². The molecule has 1 aliphatic rings. The molecule has 2 aromatic heterocycles. The number of aliphatic hydroxyl groups excluding tert-OH is 1. The van der Waals surface area contributed by atoms with Crippen LogP contribution in [0.4, 0.5) is 10.3 Å². The van der Waals surface area contributed by atoms with Crippen molar-refractivity contribution in [2.24, 2.45) is 0 Å². The van der Waals surface area contributed by atoms with Crippen LogP contribution in [0.3, 0.4) is 0 Å². The lowest BCUT2D eigenvalue weighted by Crippen LogP contribution is -2.17. The molecule has 1 aromatic carbocycles. The number of nitrogens with one attached hydrogen (secondary N) is 1. The average molecular weight is 410 g/mol. The van der Waals surface area contributed by atoms with E-state index in [4.69, 9.17) is 9.72 Å². The first-order valence-electron chi connectivity index (χ1n) is 10.6. The first-order chi connectivity index (χ1) is 14.6. The minimum Gasteiger partial charge on any atom is -0.438 e. The number of rotatable bonds is 7. The van der Waals surface area contributed by atoms with Crippen LogP contribution in [0, 0.1) is 5.82 Å². The van der Waals surface area contributed by atoms with Crippen molar-refractivity contribution in [3.05, 3.63) is 48.0 Å². The monoisotopic (exact) mass is 410 g/mol. The lowest BCUT2D eigenvalue weighted by molar-refractivity contribution is 0.122. The van der Waals surface area contributed by atoms with Gasteiger partial charge in [0.2, 0.25) is 11.8 Å². The zero-order chi connectivity index (χ0) is 20.9. The number of hydrogen-bond donors (Lipinski definition) is 2. The van der Waals surface area contributed by atoms with E-state index in [1.807, 2.05) is 6.20 Å². The number of aromatic nitrogens is 3. The molecular formula is C23H27FN4O2. The molecule has 0 atom stereocenters. The van der Waals surface area contributed by atoms with Gasteiger partial charge in [-0.15, -0.1) is 0 Å². The van der Waals surface area contributed by atoms with Crippen LogP contribution in [-0.4, -0.2) is 32.7 Å². The van der Waals surface area contributed by atoms with Crippen molar-refractivity contribution in [2.75, 3.05) is 11.9 Å². The predicted octanol–water partition coefficient (Wildman–Crippen LogP) is 5.19. The Morgan fingerprint density at radius 3 is 2.60 bits per heavy atom. The summed E-state index contributed by atoms with van der Waals surface area (Å²) in [6.45, 7) is 2.96. The van der Waals surface area contributed by atoms with Gasteiger partial charge in [-0.25, -0.2) is 19.3 Å². The van der Waals surface area contributed by atoms with Gasteiger partial charge in [-0.1, -0.05) is 13.3 Å². The largest absolute Gasteiger partial charge is 0.438 e. The van der Waals surface area contributed by atoms with Crippen molar-refractivity contribution in [1.82, 2.24) is 15.0 Å². The fourth-order valence-electron chi connectivity index (χ4n) is 3.86. The van der Waals surface area contributed by atoms with Gasteiger partial charge in [0.15, 0.2) is 0 Å². The van der Waals surface area contributed by atoms with E-state index in [1.165, 1.54) is 12.1 Å². The van der Waals surface area contributed by atoms with E-state index in [0.717, 1.165) is 61.5 Å². The number of nitrogens with zero attached hydrogens (tertiary/aromatic N) is 3. The smallest absolute Gasteiger partial charge is 0.230 e. The number of ether oxygens (including phenoxy) is 1. The van der Waals surface area contributed by atoms with E-state index >= 15 is 0 Å². The van der Waals surface area contributed by atoms with Crippen LogP contribution in [0.2, 0.25) is 0 Å². The fraction of sp³-hybridized carbons (Fsp3) is 0.435. The number of pyridine rings is 1. The lowest BCUT2D eigenvalue weighted by Gasteiger charge is -2.26. The van der Waals surface area contributed by atoms with E-state index in [0.29, 0.717) is 23.5 Å². The molecule has 2 N–H and O–H groups in total. The van der Waals surface area contributed by atoms with Crippen LogP contribution in [0.15, 0.2) is 36.7 Å². The van der Waals surface area contributed by atoms with E-state index < -0.39 is 0 Å². The normalized spacial score (nSPS) is 19.0. The molecule has 2 heterocycles. The summed E-state index contributed by atoms with van der Waals surface area (Å²) in [6, 6.07) is 5.85. The van der Waals surface area contributed by atoms with Gasteiger partial charge in [-0.3, -0.25) is 0 Å². The highest BCUT2D eigenvalue weighted by atomic mass is 19.1. The Morgan fingerprint density at radius 1 is 1.10 bits per heavy atom. The summed E-state index contributed by atoms with van der Waals surface area (Å²) in [5.74, 6) is 1.47. The maximum atomic E-state index is 13.2. The molecule has 0 spiro atoms. The first kappa shape index (κ1) is 20.5. The lowest BCUT2D eigenvalue weighted by atomic mass is 9.83. The van der Waals surface area contributed by atoms with Crippen LogP contribution in [0.25, 0.3) is 10.9 Å². The molecule has 1 saturated carbocycles. The Balaban J connectivity index is 1.70. The summed E-state index contributed by atoms with van der Waals surface area (Å²) in [6.07, 6.45) is 8.86. The topological polar surface area (TPSA) is 80.2 Å². The molecule has 0 aliphatic heterocycles. The highest BCUT2D eigenvalue weighted by Gasteiger charge is 2.24. The Bertz CT molecular complexity index is 988. The number of halogens is 1. The molecule has 3 aromatic rings. The van der Waals surface area contributed by atoms with Crippen molar-refractivity contribution < 1.29 is 14.2 Å². The zero-order valence-electron chi connectivity index (χ0n) is 17.1. The molecule has 4 rings (SSSR count). The van der Waals surface area contributed by atoms with Gasteiger partial charge in [-0.05, 0) is 62.3 Å². The highest BCUT2D eigenvalue weighted by Crippen LogP contribution is 2.38. The van der Waals surface area contributed by atoms with E-state index in [-0.39, 0.29) is 11.9 Å². The van der Waals surface area contributed by atoms with E-state index in [1.54, 1.807) is 18.3 Å². The van der Waals surface area contributed by atoms with Crippen LogP contribution in [0.5, 0.6) is 11.6 Å². The van der Waals surface area contributed by atoms with Crippen molar-refractivity contribution in [3.8, 4) is 11.6 Å². The van der Waals surface area contributed by atoms with Crippen LogP contribution in [0.1, 0.15) is 56.9 Å². The van der Waals surface area contributed by atoms with Crippen LogP contribution >= 0.6 is 0 Å². The number of unbranched alkanes of at least 4 members (excludes halogenated alkanes) is 1. The van der Waals surface area contributed by atoms with Gasteiger partial charge in [0, 0.05) is 24.5 Å². The number of anilines is 1. The van der Waals surface area contributed by atoms with Crippen molar-refractivity contribution in [1.29, 1.82) is 0 Å². The maximum absolute atomic E-state index is 13.2. The minimum absolute atomic E-state index is 0.220. The van der Waals surface area contributed by atoms with Crippen molar-refractivity contribution in [3.63, 3.8) is 0 Å². The van der Waals surface area contributed by atoms with Crippen molar-refractivity contribution >= 4 is 16.9 Å². The second kappa shape index (κ2) is 9.34. The molecule has 30 heavy (non-hydrogen) atoms. The number of benzene rings is 1. The van der Waals surface area contributed by atoms with E-state index in [9.17, 15) is 9.50 Å². The summed E-state index contributed by atoms with van der Waals surface area (Å²) in [4.78, 5) is 13.8. The van der Waals surface area contributed by atoms with Crippen LogP contribution < -0.4 is 10.1 Å². The van der Waals surface area contributed by atoms with Gasteiger partial charge < -0.3 is 15.2 Å². The summed E-state index contributed by atoms with van der Waals surface area (Å²) in [5.41, 5.74) is 1.88. The van der Waals surface area contributed by atoms with Gasteiger partial charge in [0.25, 0.3) is 0 Å². The maximum Gasteiger partial charge on any atom is 0.230 e. The first-order valence-corrected chi connectivity index (χ1v) is 10.6. The zero-order valence-corrected chi connectivity index (χ0v) is 17.1. The molecule has 1 fully saturated rings. The van der Waals surface area contributed by atoms with Gasteiger partial charge in [0.05, 0.1) is 17.0 Å². The SMILES string of the molecule is CCCCNc1ncc2c(Oc3ccc(F)cc3)ncc([C@H]3CC[C@H](O)CC3)c2n1. The molecule has 158 valence electrons. The molecule has 0 amide bonds. The summed E-state index contributed by atoms with van der Waals surface area (Å²) >= 11 is 0. The van der Waals surface area contributed by atoms with Crippen molar-refractivity contribution in [2.45, 2.75) is 57.5 Å². The molecule has 0 bridgehead atoms. The molecular weight excluding hydrogens is 383 g/mol. The summed E-state index contributed by atoms with van der Waals surface area (Å²) in [7, 11) is 0. The van der Waals surface area contributed by atoms with Gasteiger partial charge in [0.1, 0.15) is 11.6 Å². The molecule has 7 heteroatoms. The Labute approximate surface area is 175 Å². The second-order valence-corrected chi connectivity index (χ2v) is 7.82. The van der Waals surface area contributed by atoms with E-state index in [2.05, 4.69) is 22.2 Å². The number of fused-ring (bicyclic) bond motifs is 1. The highest BCUT2D eigenvalue weighted by molar-refractivity contribution is 5.86. The average Bonchev–Trinajstić information content (AvgIpc) is 2.76. The summed E-state index contributed by atoms with van der Waals surface area (Å²) < 4.78 is 19.1. The predicted molar refractivity (Wildman–Crippen MR) is 114 cm³/mol. The fourth-order valence-corrected chi connectivity index (χ4v) is 3.86. The van der Waals surface area contributed by atoms with Crippen LogP contribution in [-0.2, 0) is 0 Å². The third kappa shape index (κ3) is 4.67. The molecule has 0 saturated heterocycles. The quantitative estimate of drug-likeness (QED) is 0.522.